The summed E-state index contributed by atoms with van der Waals surface area (Å²) in [5.41, 5.74) is 6.33. The van der Waals surface area contributed by atoms with E-state index in [1.165, 1.54) is 0 Å². The van der Waals surface area contributed by atoms with E-state index in [4.69, 9.17) is 15.5 Å². The minimum Gasteiger partial charge on any atom is -0.254 e. The molecule has 0 aliphatic carbocycles. The minimum absolute atomic E-state index is 0.485. The number of rotatable bonds is 4. The highest BCUT2D eigenvalue weighted by molar-refractivity contribution is 5.84. The summed E-state index contributed by atoms with van der Waals surface area (Å²) in [5.74, 6) is 0. The van der Waals surface area contributed by atoms with E-state index < -0.39 is 0 Å². The van der Waals surface area contributed by atoms with Crippen LogP contribution in [0.25, 0.3) is 33.7 Å². The van der Waals surface area contributed by atoms with E-state index in [1.54, 1.807) is 35.5 Å². The van der Waals surface area contributed by atoms with Gasteiger partial charge in [0.2, 0.25) is 0 Å². The zero-order chi connectivity index (χ0) is 20.3. The van der Waals surface area contributed by atoms with E-state index in [0.717, 1.165) is 33.5 Å². The molecule has 0 bridgehead atoms. The third-order valence-electron chi connectivity index (χ3n) is 4.71. The number of hydrogen-bond acceptors (Lipinski definition) is 6. The van der Waals surface area contributed by atoms with E-state index >= 15 is 0 Å². The maximum Gasteiger partial charge on any atom is 0.139 e. The monoisotopic (exact) mass is 389 g/mol. The summed E-state index contributed by atoms with van der Waals surface area (Å²) in [6, 6.07) is 21.1. The molecule has 0 spiro atoms. The lowest BCUT2D eigenvalue weighted by atomic mass is 10.1. The van der Waals surface area contributed by atoms with Gasteiger partial charge in [-0.15, -0.1) is 0 Å². The molecule has 0 saturated carbocycles. The number of pyridine rings is 1. The van der Waals surface area contributed by atoms with Gasteiger partial charge >= 0.3 is 0 Å². The van der Waals surface area contributed by atoms with Gasteiger partial charge in [0.15, 0.2) is 0 Å². The summed E-state index contributed by atoms with van der Waals surface area (Å²) >= 11 is 0. The van der Waals surface area contributed by atoms with Crippen LogP contribution < -0.4 is 0 Å². The van der Waals surface area contributed by atoms with Crippen molar-refractivity contribution in [3.8, 4) is 28.7 Å². The van der Waals surface area contributed by atoms with Gasteiger partial charge in [0, 0.05) is 24.2 Å². The zero-order valence-corrected chi connectivity index (χ0v) is 15.8. The smallest absolute Gasteiger partial charge is 0.139 e. The summed E-state index contributed by atoms with van der Waals surface area (Å²) < 4.78 is 0. The normalized spacial score (nSPS) is 10.8. The summed E-state index contributed by atoms with van der Waals surface area (Å²) in [7, 11) is 0. The molecule has 0 unspecified atom stereocenters. The van der Waals surface area contributed by atoms with Crippen molar-refractivity contribution in [1.29, 1.82) is 5.26 Å². The second-order valence-corrected chi connectivity index (χ2v) is 6.71. The molecule has 0 N–H and O–H groups in total. The Morgan fingerprint density at radius 2 is 1.57 bits per heavy atom. The number of aromatic nitrogens is 6. The first-order chi connectivity index (χ1) is 14.8. The van der Waals surface area contributed by atoms with Gasteiger partial charge in [0.1, 0.15) is 11.4 Å². The van der Waals surface area contributed by atoms with E-state index in [9.17, 15) is 0 Å². The number of nitrogens with zero attached hydrogens (tertiary/aromatic N) is 7. The van der Waals surface area contributed by atoms with Crippen LogP contribution in [-0.2, 0) is 6.54 Å². The van der Waals surface area contributed by atoms with Crippen molar-refractivity contribution in [2.75, 3.05) is 0 Å². The molecule has 0 atom stereocenters. The molecule has 3 aromatic heterocycles. The third kappa shape index (κ3) is 3.38. The Morgan fingerprint density at radius 3 is 2.33 bits per heavy atom. The molecular formula is C23H15N7. The average molecular weight is 389 g/mol. The van der Waals surface area contributed by atoms with Crippen molar-refractivity contribution in [3.05, 3.63) is 90.4 Å². The maximum absolute atomic E-state index is 8.99. The van der Waals surface area contributed by atoms with Crippen molar-refractivity contribution in [2.24, 2.45) is 0 Å². The average Bonchev–Trinajstić information content (AvgIpc) is 3.23. The van der Waals surface area contributed by atoms with Gasteiger partial charge in [-0.2, -0.15) is 20.3 Å². The van der Waals surface area contributed by atoms with Crippen molar-refractivity contribution in [1.82, 2.24) is 29.9 Å². The first kappa shape index (κ1) is 17.6. The Balaban J connectivity index is 1.60. The van der Waals surface area contributed by atoms with Crippen LogP contribution >= 0.6 is 0 Å². The molecule has 0 fully saturated rings. The molecule has 0 amide bonds. The van der Waals surface area contributed by atoms with Crippen LogP contribution in [0.5, 0.6) is 0 Å². The first-order valence-corrected chi connectivity index (χ1v) is 9.37. The quantitative estimate of drug-likeness (QED) is 0.463. The number of nitriles is 1. The molecule has 142 valence electrons. The lowest BCUT2D eigenvalue weighted by Gasteiger charge is -2.02. The SMILES string of the molecule is N#Cc1ccc(Cn2nc(-c3ccc4nccnc4c3)c(-c3ccccn3)n2)cc1. The second kappa shape index (κ2) is 7.53. The largest absolute Gasteiger partial charge is 0.254 e. The standard InChI is InChI=1S/C23H15N7/c24-14-16-4-6-17(7-5-16)15-30-28-22(23(29-30)20-3-1-2-10-25-20)18-8-9-19-21(13-18)27-12-11-26-19/h1-13H,15H2. The van der Waals surface area contributed by atoms with Crippen molar-refractivity contribution >= 4 is 11.0 Å². The van der Waals surface area contributed by atoms with Crippen LogP contribution in [0.3, 0.4) is 0 Å². The first-order valence-electron chi connectivity index (χ1n) is 9.37. The molecule has 5 rings (SSSR count). The Kier molecular flexibility index (Phi) is 4.43. The summed E-state index contributed by atoms with van der Waals surface area (Å²) in [4.78, 5) is 14.8. The van der Waals surface area contributed by atoms with Crippen LogP contribution in [0.4, 0.5) is 0 Å². The van der Waals surface area contributed by atoms with Gasteiger partial charge in [0.05, 0.1) is 34.9 Å². The summed E-state index contributed by atoms with van der Waals surface area (Å²) in [6.07, 6.45) is 5.09. The number of hydrogen-bond donors (Lipinski definition) is 0. The molecular weight excluding hydrogens is 374 g/mol. The van der Waals surface area contributed by atoms with Crippen molar-refractivity contribution in [2.45, 2.75) is 6.54 Å². The summed E-state index contributed by atoms with van der Waals surface area (Å²) in [5, 5.41) is 18.5. The molecule has 30 heavy (non-hydrogen) atoms. The van der Waals surface area contributed by atoms with Gasteiger partial charge in [-0.3, -0.25) is 15.0 Å². The van der Waals surface area contributed by atoms with Gasteiger partial charge in [0.25, 0.3) is 0 Å². The highest BCUT2D eigenvalue weighted by atomic mass is 15.5. The fraction of sp³-hybridized carbons (Fsp3) is 0.0435. The van der Waals surface area contributed by atoms with Gasteiger partial charge in [-0.05, 0) is 42.0 Å². The molecule has 7 heteroatoms. The van der Waals surface area contributed by atoms with E-state index in [2.05, 4.69) is 21.0 Å². The highest BCUT2D eigenvalue weighted by Crippen LogP contribution is 2.29. The van der Waals surface area contributed by atoms with Crippen molar-refractivity contribution < 1.29 is 0 Å². The van der Waals surface area contributed by atoms with Crippen LogP contribution in [0.15, 0.2) is 79.3 Å². The molecule has 0 aliphatic rings. The predicted octanol–water partition coefficient (Wildman–Crippen LogP) is 3.87. The fourth-order valence-electron chi connectivity index (χ4n) is 3.25. The van der Waals surface area contributed by atoms with E-state index in [0.29, 0.717) is 17.8 Å². The van der Waals surface area contributed by atoms with Crippen LogP contribution in [-0.4, -0.2) is 29.9 Å². The third-order valence-corrected chi connectivity index (χ3v) is 4.71. The Hall–Kier alpha value is -4.44. The van der Waals surface area contributed by atoms with Crippen LogP contribution in [0.2, 0.25) is 0 Å². The van der Waals surface area contributed by atoms with Gasteiger partial charge in [-0.25, -0.2) is 0 Å². The molecule has 7 nitrogen and oxygen atoms in total. The Bertz CT molecular complexity index is 1370. The minimum atomic E-state index is 0.485. The highest BCUT2D eigenvalue weighted by Gasteiger charge is 2.17. The molecule has 0 saturated heterocycles. The van der Waals surface area contributed by atoms with Crippen LogP contribution in [0, 0.1) is 11.3 Å². The predicted molar refractivity (Wildman–Crippen MR) is 112 cm³/mol. The Morgan fingerprint density at radius 1 is 0.767 bits per heavy atom. The molecule has 3 heterocycles. The molecule has 0 aliphatic heterocycles. The van der Waals surface area contributed by atoms with Crippen molar-refractivity contribution in [3.63, 3.8) is 0 Å². The Labute approximate surface area is 172 Å². The fourth-order valence-corrected chi connectivity index (χ4v) is 3.25. The van der Waals surface area contributed by atoms with Gasteiger partial charge < -0.3 is 0 Å². The topological polar surface area (TPSA) is 93.2 Å². The van der Waals surface area contributed by atoms with Crippen LogP contribution in [0.1, 0.15) is 11.1 Å². The zero-order valence-electron chi connectivity index (χ0n) is 15.8. The summed E-state index contributed by atoms with van der Waals surface area (Å²) in [6.45, 7) is 0.485. The van der Waals surface area contributed by atoms with E-state index in [-0.39, 0.29) is 0 Å². The maximum atomic E-state index is 8.99. The molecule has 0 radical (unpaired) electrons. The van der Waals surface area contributed by atoms with Gasteiger partial charge in [-0.1, -0.05) is 24.3 Å². The second-order valence-electron chi connectivity index (χ2n) is 6.71. The van der Waals surface area contributed by atoms with E-state index in [1.807, 2.05) is 48.5 Å². The number of fused-ring (bicyclic) bond motifs is 1. The molecule has 2 aromatic carbocycles. The molecule has 5 aromatic rings. The lowest BCUT2D eigenvalue weighted by Crippen LogP contribution is -2.04. The number of benzene rings is 2. The lowest BCUT2D eigenvalue weighted by molar-refractivity contribution is 0.594.